The van der Waals surface area contributed by atoms with Gasteiger partial charge in [0.2, 0.25) is 0 Å². The molecular weight excluding hydrogens is 856 g/mol. The van der Waals surface area contributed by atoms with Gasteiger partial charge in [-0.05, 0) is 65.2 Å². The summed E-state index contributed by atoms with van der Waals surface area (Å²) in [6.45, 7) is 2.10. The van der Waals surface area contributed by atoms with E-state index < -0.39 is 0 Å². The number of hydrogen-bond donors (Lipinski definition) is 0. The van der Waals surface area contributed by atoms with E-state index in [9.17, 15) is 0 Å². The van der Waals surface area contributed by atoms with Crippen molar-refractivity contribution >= 4 is 39.0 Å². The minimum atomic E-state index is 0. The molecule has 3 heterocycles. The molecular formula is C49H33N4OPt-3. The van der Waals surface area contributed by atoms with Crippen LogP contribution < -0.4 is 14.5 Å². The van der Waals surface area contributed by atoms with Gasteiger partial charge in [-0.3, -0.25) is 0 Å². The number of rotatable bonds is 7. The van der Waals surface area contributed by atoms with Crippen LogP contribution in [0.15, 0.2) is 176 Å². The van der Waals surface area contributed by atoms with Crippen molar-refractivity contribution in [3.8, 4) is 50.6 Å². The van der Waals surface area contributed by atoms with Crippen LogP contribution in [0.1, 0.15) is 0 Å². The zero-order valence-electron chi connectivity index (χ0n) is 29.8. The second-order valence-corrected chi connectivity index (χ2v) is 13.4. The van der Waals surface area contributed by atoms with Crippen LogP contribution in [0.4, 0.5) is 17.1 Å². The van der Waals surface area contributed by atoms with E-state index in [1.807, 2.05) is 30.5 Å². The van der Waals surface area contributed by atoms with Gasteiger partial charge in [-0.2, -0.15) is 12.7 Å². The van der Waals surface area contributed by atoms with Crippen molar-refractivity contribution in [1.29, 1.82) is 0 Å². The molecule has 10 rings (SSSR count). The van der Waals surface area contributed by atoms with E-state index in [1.54, 1.807) is 0 Å². The summed E-state index contributed by atoms with van der Waals surface area (Å²) < 4.78 is 8.96. The van der Waals surface area contributed by atoms with Gasteiger partial charge in [-0.15, -0.1) is 47.6 Å². The summed E-state index contributed by atoms with van der Waals surface area (Å²) in [7, 11) is 2.07. The maximum absolute atomic E-state index is 6.81. The monoisotopic (exact) mass is 888 g/mol. The van der Waals surface area contributed by atoms with Crippen LogP contribution in [0.5, 0.6) is 11.5 Å². The summed E-state index contributed by atoms with van der Waals surface area (Å²) in [5, 5.41) is 2.24. The topological polar surface area (TPSA) is 33.5 Å². The summed E-state index contributed by atoms with van der Waals surface area (Å²) in [6, 6.07) is 66.2. The quantitative estimate of drug-likeness (QED) is 0.149. The number of anilines is 3. The average molecular weight is 889 g/mol. The van der Waals surface area contributed by atoms with Crippen LogP contribution in [0.3, 0.4) is 0 Å². The van der Waals surface area contributed by atoms with Gasteiger partial charge in [-0.1, -0.05) is 115 Å². The molecule has 0 spiro atoms. The van der Waals surface area contributed by atoms with Crippen molar-refractivity contribution in [3.63, 3.8) is 0 Å². The molecule has 268 valence electrons. The van der Waals surface area contributed by atoms with Crippen LogP contribution >= 0.6 is 0 Å². The number of fused-ring (bicyclic) bond motifs is 4. The fraction of sp³-hybridized carbons (Fsp3) is 0.0204. The largest absolute Gasteiger partial charge is 0.509 e. The van der Waals surface area contributed by atoms with E-state index in [4.69, 9.17) is 9.72 Å². The third-order valence-electron chi connectivity index (χ3n) is 10.1. The number of pyridine rings is 1. The third kappa shape index (κ3) is 6.17. The van der Waals surface area contributed by atoms with Gasteiger partial charge in [0.25, 0.3) is 0 Å². The second-order valence-electron chi connectivity index (χ2n) is 13.4. The molecule has 1 aliphatic rings. The van der Waals surface area contributed by atoms with Crippen molar-refractivity contribution < 1.29 is 25.8 Å². The van der Waals surface area contributed by atoms with Crippen LogP contribution in [-0.2, 0) is 21.1 Å². The molecule has 6 heteroatoms. The average Bonchev–Trinajstić information content (AvgIpc) is 3.76. The van der Waals surface area contributed by atoms with Gasteiger partial charge in [0.15, 0.2) is 0 Å². The number of benzene rings is 7. The summed E-state index contributed by atoms with van der Waals surface area (Å²) in [5.41, 5.74) is 12.5. The minimum absolute atomic E-state index is 0. The SMILES string of the molecule is CN1[CH-]N(c2[c-]c(Oc3[c-]c(-n4c5ccccc5c5cccnc54)ccc3)cc(-c3c(-c4ccccc4)cccc3-c3ccccc3)c2)c2ccccc21.[Pt]. The first-order chi connectivity index (χ1) is 26.7. The maximum atomic E-state index is 6.81. The smallest absolute Gasteiger partial charge is 0.143 e. The standard InChI is InChI=1S/C49H33N4O.Pt/c1-51-33-52(47-27-11-10-26-46(47)51)38-29-36(48-41(34-15-4-2-5-16-34)22-13-23-42(48)35-17-6-3-7-18-35)30-40(32-38)54-39-20-12-19-37(31-39)53-45-25-9-8-21-43(45)44-24-14-28-50-49(44)53;/h2-30,33H,1H3;/q-3;. The Morgan fingerprint density at radius 1 is 0.545 bits per heavy atom. The van der Waals surface area contributed by atoms with E-state index in [2.05, 4.69) is 186 Å². The summed E-state index contributed by atoms with van der Waals surface area (Å²) in [5.74, 6) is 1.16. The molecule has 0 radical (unpaired) electrons. The van der Waals surface area contributed by atoms with Crippen molar-refractivity contribution in [2.24, 2.45) is 0 Å². The number of nitrogens with zero attached hydrogens (tertiary/aromatic N) is 4. The second kappa shape index (κ2) is 14.4. The normalized spacial score (nSPS) is 12.2. The fourth-order valence-electron chi connectivity index (χ4n) is 7.68. The molecule has 2 aromatic heterocycles. The van der Waals surface area contributed by atoms with Gasteiger partial charge in [-0.25, -0.2) is 4.98 Å². The van der Waals surface area contributed by atoms with Gasteiger partial charge in [0.05, 0.1) is 5.52 Å². The molecule has 0 amide bonds. The van der Waals surface area contributed by atoms with Gasteiger partial charge in [0, 0.05) is 60.9 Å². The van der Waals surface area contributed by atoms with Gasteiger partial charge in [0.1, 0.15) is 5.65 Å². The zero-order chi connectivity index (χ0) is 36.0. The molecule has 0 unspecified atom stereocenters. The van der Waals surface area contributed by atoms with Gasteiger partial charge < -0.3 is 19.1 Å². The Balaban J connectivity index is 0.00000397. The molecule has 1 aliphatic heterocycles. The van der Waals surface area contributed by atoms with Crippen molar-refractivity contribution in [2.45, 2.75) is 0 Å². The summed E-state index contributed by atoms with van der Waals surface area (Å²) in [4.78, 5) is 9.11. The first kappa shape index (κ1) is 34.4. The molecule has 0 bridgehead atoms. The van der Waals surface area contributed by atoms with E-state index in [-0.39, 0.29) is 21.1 Å². The van der Waals surface area contributed by atoms with E-state index in [1.165, 1.54) is 0 Å². The summed E-state index contributed by atoms with van der Waals surface area (Å²) in [6.07, 6.45) is 1.84. The Labute approximate surface area is 335 Å². The molecule has 0 atom stereocenters. The van der Waals surface area contributed by atoms with Crippen molar-refractivity contribution in [1.82, 2.24) is 9.55 Å². The predicted octanol–water partition coefficient (Wildman–Crippen LogP) is 12.3. The first-order valence-electron chi connectivity index (χ1n) is 18.0. The Morgan fingerprint density at radius 2 is 1.18 bits per heavy atom. The van der Waals surface area contributed by atoms with Crippen LogP contribution in [0.25, 0.3) is 61.0 Å². The molecule has 55 heavy (non-hydrogen) atoms. The van der Waals surface area contributed by atoms with E-state index in [0.717, 1.165) is 78.1 Å². The Hall–Kier alpha value is -6.42. The molecule has 9 aromatic rings. The molecule has 5 nitrogen and oxygen atoms in total. The number of para-hydroxylation sites is 3. The Morgan fingerprint density at radius 3 is 1.95 bits per heavy atom. The predicted molar refractivity (Wildman–Crippen MR) is 220 cm³/mol. The number of hydrogen-bond acceptors (Lipinski definition) is 4. The Kier molecular flexibility index (Phi) is 9.01. The molecule has 0 saturated carbocycles. The zero-order valence-corrected chi connectivity index (χ0v) is 32.1. The van der Waals surface area contributed by atoms with E-state index >= 15 is 0 Å². The number of ether oxygens (including phenoxy) is 1. The maximum Gasteiger partial charge on any atom is 0.143 e. The first-order valence-corrected chi connectivity index (χ1v) is 18.0. The molecule has 0 N–H and O–H groups in total. The summed E-state index contributed by atoms with van der Waals surface area (Å²) >= 11 is 0. The molecule has 0 saturated heterocycles. The van der Waals surface area contributed by atoms with Gasteiger partial charge >= 0.3 is 0 Å². The van der Waals surface area contributed by atoms with Crippen LogP contribution in [-0.4, -0.2) is 16.6 Å². The van der Waals surface area contributed by atoms with Crippen LogP contribution in [0, 0.1) is 18.8 Å². The minimum Gasteiger partial charge on any atom is -0.509 e. The third-order valence-corrected chi connectivity index (χ3v) is 10.1. The molecule has 0 aliphatic carbocycles. The number of aromatic nitrogens is 2. The molecule has 7 aromatic carbocycles. The van der Waals surface area contributed by atoms with Crippen LogP contribution in [0.2, 0.25) is 0 Å². The fourth-order valence-corrected chi connectivity index (χ4v) is 7.68. The Bertz CT molecular complexity index is 2710. The van der Waals surface area contributed by atoms with E-state index in [0.29, 0.717) is 11.5 Å². The van der Waals surface area contributed by atoms with Crippen molar-refractivity contribution in [2.75, 3.05) is 16.8 Å². The molecule has 0 fully saturated rings. The van der Waals surface area contributed by atoms with Crippen molar-refractivity contribution in [3.05, 3.63) is 195 Å².